The van der Waals surface area contributed by atoms with Gasteiger partial charge in [-0.2, -0.15) is 0 Å². The minimum atomic E-state index is -1.14. The summed E-state index contributed by atoms with van der Waals surface area (Å²) in [7, 11) is 3.45. The van der Waals surface area contributed by atoms with Gasteiger partial charge in [-0.05, 0) is 36.1 Å². The zero-order chi connectivity index (χ0) is 21.9. The first-order valence-corrected chi connectivity index (χ1v) is 10.9. The fourth-order valence-electron chi connectivity index (χ4n) is 4.58. The summed E-state index contributed by atoms with van der Waals surface area (Å²) >= 11 is 0. The lowest BCUT2D eigenvalue weighted by atomic mass is 9.70. The Labute approximate surface area is 183 Å². The molecular weight excluding hydrogens is 394 g/mol. The lowest BCUT2D eigenvalue weighted by Crippen LogP contribution is -2.50. The molecule has 6 heteroatoms. The van der Waals surface area contributed by atoms with Crippen LogP contribution in [0.2, 0.25) is 0 Å². The van der Waals surface area contributed by atoms with Crippen LogP contribution in [0, 0.1) is 0 Å². The Morgan fingerprint density at radius 2 is 1.61 bits per heavy atom. The molecule has 1 atom stereocenters. The zero-order valence-corrected chi connectivity index (χ0v) is 18.3. The first kappa shape index (κ1) is 21.8. The molecule has 1 amide bonds. The van der Waals surface area contributed by atoms with E-state index in [0.29, 0.717) is 45.5 Å². The number of carbonyl (C=O) groups excluding carboxylic acids is 1. The van der Waals surface area contributed by atoms with Gasteiger partial charge in [0.1, 0.15) is 12.4 Å². The highest BCUT2D eigenvalue weighted by Crippen LogP contribution is 2.46. The maximum Gasteiger partial charge on any atom is 0.232 e. The number of rotatable bonds is 6. The van der Waals surface area contributed by atoms with Crippen LogP contribution in [-0.2, 0) is 20.9 Å². The van der Waals surface area contributed by atoms with E-state index in [1.54, 1.807) is 19.0 Å². The first-order valence-electron chi connectivity index (χ1n) is 10.9. The van der Waals surface area contributed by atoms with Crippen LogP contribution in [0.15, 0.2) is 54.6 Å². The minimum absolute atomic E-state index is 0.107. The normalized spacial score (nSPS) is 20.4. The lowest BCUT2D eigenvalue weighted by Gasteiger charge is -2.44. The molecule has 0 aromatic heterocycles. The van der Waals surface area contributed by atoms with Crippen LogP contribution in [0.25, 0.3) is 0 Å². The Hall–Kier alpha value is -2.41. The van der Waals surface area contributed by atoms with E-state index in [0.717, 1.165) is 16.9 Å². The summed E-state index contributed by atoms with van der Waals surface area (Å²) in [6.07, 6.45) is 2.06. The number of nitrogens with zero attached hydrogens (tertiary/aromatic N) is 1. The third kappa shape index (κ3) is 4.76. The molecule has 1 aliphatic heterocycles. The molecule has 166 valence electrons. The SMILES string of the molecule is CN(C)C(=O)C(c1ccc(OCc2ccccc2)cc1)C1(O)CCC2(CC1)OCCO2. The van der Waals surface area contributed by atoms with Gasteiger partial charge in [-0.15, -0.1) is 0 Å². The fourth-order valence-corrected chi connectivity index (χ4v) is 4.58. The number of ether oxygens (including phenoxy) is 3. The molecule has 0 bridgehead atoms. The van der Waals surface area contributed by atoms with Crippen molar-refractivity contribution in [3.63, 3.8) is 0 Å². The van der Waals surface area contributed by atoms with Crippen LogP contribution < -0.4 is 4.74 Å². The van der Waals surface area contributed by atoms with Gasteiger partial charge in [-0.25, -0.2) is 0 Å². The Morgan fingerprint density at radius 1 is 1.00 bits per heavy atom. The quantitative estimate of drug-likeness (QED) is 0.767. The maximum absolute atomic E-state index is 13.1. The van der Waals surface area contributed by atoms with Gasteiger partial charge >= 0.3 is 0 Å². The number of benzene rings is 2. The van der Waals surface area contributed by atoms with Gasteiger partial charge in [-0.1, -0.05) is 42.5 Å². The van der Waals surface area contributed by atoms with E-state index in [2.05, 4.69) is 0 Å². The van der Waals surface area contributed by atoms with Gasteiger partial charge in [0, 0.05) is 26.9 Å². The van der Waals surface area contributed by atoms with Crippen LogP contribution in [0.1, 0.15) is 42.7 Å². The van der Waals surface area contributed by atoms with Crippen LogP contribution in [0.3, 0.4) is 0 Å². The second-order valence-electron chi connectivity index (χ2n) is 8.72. The van der Waals surface area contributed by atoms with Gasteiger partial charge in [-0.3, -0.25) is 4.79 Å². The molecule has 1 saturated heterocycles. The monoisotopic (exact) mass is 425 g/mol. The second kappa shape index (κ2) is 8.99. The van der Waals surface area contributed by atoms with Crippen LogP contribution >= 0.6 is 0 Å². The Bertz CT molecular complexity index is 865. The van der Waals surface area contributed by atoms with Gasteiger partial charge in [0.05, 0.1) is 24.7 Å². The van der Waals surface area contributed by atoms with Crippen molar-refractivity contribution < 1.29 is 24.1 Å². The topological polar surface area (TPSA) is 68.2 Å². The second-order valence-corrected chi connectivity index (χ2v) is 8.72. The number of amides is 1. The summed E-state index contributed by atoms with van der Waals surface area (Å²) in [5.74, 6) is -0.618. The average molecular weight is 426 g/mol. The molecule has 1 saturated carbocycles. The molecule has 2 aromatic carbocycles. The molecule has 2 fully saturated rings. The molecular formula is C25H31NO5. The number of carbonyl (C=O) groups is 1. The molecule has 1 spiro atoms. The van der Waals surface area contributed by atoms with Crippen molar-refractivity contribution in [1.29, 1.82) is 0 Å². The fraction of sp³-hybridized carbons (Fsp3) is 0.480. The third-order valence-electron chi connectivity index (χ3n) is 6.38. The van der Waals surface area contributed by atoms with Crippen molar-refractivity contribution in [3.05, 3.63) is 65.7 Å². The van der Waals surface area contributed by atoms with Gasteiger partial charge in [0.15, 0.2) is 5.79 Å². The highest BCUT2D eigenvalue weighted by atomic mass is 16.7. The van der Waals surface area contributed by atoms with E-state index in [9.17, 15) is 9.90 Å². The number of hydrogen-bond donors (Lipinski definition) is 1. The summed E-state index contributed by atoms with van der Waals surface area (Å²) in [6.45, 7) is 1.65. The molecule has 0 radical (unpaired) electrons. The highest BCUT2D eigenvalue weighted by Gasteiger charge is 2.51. The van der Waals surface area contributed by atoms with Gasteiger partial charge in [0.2, 0.25) is 5.91 Å². The van der Waals surface area contributed by atoms with Crippen LogP contribution in [0.4, 0.5) is 0 Å². The molecule has 6 nitrogen and oxygen atoms in total. The summed E-state index contributed by atoms with van der Waals surface area (Å²) in [6, 6.07) is 17.5. The van der Waals surface area contributed by atoms with Crippen molar-refractivity contribution >= 4 is 5.91 Å². The predicted molar refractivity (Wildman–Crippen MR) is 117 cm³/mol. The largest absolute Gasteiger partial charge is 0.489 e. The third-order valence-corrected chi connectivity index (χ3v) is 6.38. The summed E-state index contributed by atoms with van der Waals surface area (Å²) < 4.78 is 17.5. The van der Waals surface area contributed by atoms with E-state index < -0.39 is 17.3 Å². The van der Waals surface area contributed by atoms with Gasteiger partial charge in [0.25, 0.3) is 0 Å². The number of aliphatic hydroxyl groups is 1. The van der Waals surface area contributed by atoms with Crippen LogP contribution in [-0.4, -0.2) is 54.6 Å². The van der Waals surface area contributed by atoms with Gasteiger partial charge < -0.3 is 24.2 Å². The molecule has 1 heterocycles. The van der Waals surface area contributed by atoms with Crippen molar-refractivity contribution in [2.75, 3.05) is 27.3 Å². The highest BCUT2D eigenvalue weighted by molar-refractivity contribution is 5.85. The molecule has 2 aliphatic rings. The van der Waals surface area contributed by atoms with E-state index in [1.807, 2.05) is 54.6 Å². The maximum atomic E-state index is 13.1. The van der Waals surface area contributed by atoms with Crippen molar-refractivity contribution in [3.8, 4) is 5.75 Å². The Kier molecular flexibility index (Phi) is 6.32. The number of hydrogen-bond acceptors (Lipinski definition) is 5. The molecule has 1 aliphatic carbocycles. The predicted octanol–water partition coefficient (Wildman–Crippen LogP) is 3.49. The van der Waals surface area contributed by atoms with Crippen molar-refractivity contribution in [2.45, 2.75) is 49.6 Å². The first-order chi connectivity index (χ1) is 14.9. The number of likely N-dealkylation sites (N-methyl/N-ethyl adjacent to an activating group) is 1. The Morgan fingerprint density at radius 3 is 2.19 bits per heavy atom. The van der Waals surface area contributed by atoms with E-state index in [-0.39, 0.29) is 5.91 Å². The van der Waals surface area contributed by atoms with Crippen molar-refractivity contribution in [2.24, 2.45) is 0 Å². The average Bonchev–Trinajstić information content (AvgIpc) is 3.25. The summed E-state index contributed by atoms with van der Waals surface area (Å²) in [5, 5.41) is 11.6. The Balaban J connectivity index is 1.50. The minimum Gasteiger partial charge on any atom is -0.489 e. The molecule has 1 unspecified atom stereocenters. The molecule has 4 rings (SSSR count). The molecule has 31 heavy (non-hydrogen) atoms. The van der Waals surface area contributed by atoms with Crippen molar-refractivity contribution in [1.82, 2.24) is 4.90 Å². The smallest absolute Gasteiger partial charge is 0.232 e. The summed E-state index contributed by atoms with van der Waals surface area (Å²) in [4.78, 5) is 14.7. The zero-order valence-electron chi connectivity index (χ0n) is 18.3. The van der Waals surface area contributed by atoms with E-state index >= 15 is 0 Å². The van der Waals surface area contributed by atoms with E-state index in [4.69, 9.17) is 14.2 Å². The summed E-state index contributed by atoms with van der Waals surface area (Å²) in [5.41, 5.74) is 0.737. The van der Waals surface area contributed by atoms with Crippen LogP contribution in [0.5, 0.6) is 5.75 Å². The molecule has 2 aromatic rings. The molecule has 1 N–H and O–H groups in total. The lowest BCUT2D eigenvalue weighted by molar-refractivity contribution is -0.206. The standard InChI is InChI=1S/C25H31NO5/c1-26(2)23(27)22(24(28)12-14-25(15-13-24)30-16-17-31-25)20-8-10-21(11-9-20)29-18-19-6-4-3-5-7-19/h3-11,22,28H,12-18H2,1-2H3. The van der Waals surface area contributed by atoms with E-state index in [1.165, 1.54) is 0 Å².